The van der Waals surface area contributed by atoms with Gasteiger partial charge in [-0.25, -0.2) is 4.79 Å². The maximum Gasteiger partial charge on any atom is 0.335 e. The SMILES string of the molecule is O=C(O)c1ccc(CNCc2ccc3c(c2)CCCC3)cc1. The Bertz CT molecular complexity index is 662. The normalized spacial score (nSPS) is 13.6. The van der Waals surface area contributed by atoms with Crippen molar-refractivity contribution >= 4 is 5.97 Å². The van der Waals surface area contributed by atoms with E-state index in [1.807, 2.05) is 12.1 Å². The number of fused-ring (bicyclic) bond motifs is 1. The Hall–Kier alpha value is -2.13. The number of rotatable bonds is 5. The van der Waals surface area contributed by atoms with Crippen molar-refractivity contribution in [1.82, 2.24) is 5.32 Å². The molecular weight excluding hydrogens is 274 g/mol. The molecule has 0 amide bonds. The van der Waals surface area contributed by atoms with Crippen LogP contribution in [-0.4, -0.2) is 11.1 Å². The Kier molecular flexibility index (Phi) is 4.54. The molecule has 3 heteroatoms. The average molecular weight is 295 g/mol. The molecule has 0 unspecified atom stereocenters. The van der Waals surface area contributed by atoms with E-state index >= 15 is 0 Å². The predicted octanol–water partition coefficient (Wildman–Crippen LogP) is 3.55. The second kappa shape index (κ2) is 6.75. The summed E-state index contributed by atoms with van der Waals surface area (Å²) in [5.74, 6) is -0.881. The molecule has 2 N–H and O–H groups in total. The molecule has 0 atom stereocenters. The van der Waals surface area contributed by atoms with E-state index in [1.54, 1.807) is 12.1 Å². The zero-order valence-corrected chi connectivity index (χ0v) is 12.6. The average Bonchev–Trinajstić information content (AvgIpc) is 2.55. The van der Waals surface area contributed by atoms with Crippen molar-refractivity contribution in [1.29, 1.82) is 0 Å². The number of aromatic carboxylic acids is 1. The fourth-order valence-electron chi connectivity index (χ4n) is 3.01. The van der Waals surface area contributed by atoms with Gasteiger partial charge in [0.15, 0.2) is 0 Å². The zero-order chi connectivity index (χ0) is 15.4. The van der Waals surface area contributed by atoms with E-state index in [1.165, 1.54) is 42.4 Å². The molecule has 1 aliphatic rings. The van der Waals surface area contributed by atoms with Crippen LogP contribution in [0.1, 0.15) is 45.5 Å². The minimum atomic E-state index is -0.881. The standard InChI is InChI=1S/C19H21NO2/c21-19(22)17-9-5-14(6-10-17)12-20-13-15-7-8-16-3-1-2-4-18(16)11-15/h5-11,20H,1-4,12-13H2,(H,21,22). The summed E-state index contributed by atoms with van der Waals surface area (Å²) in [6.07, 6.45) is 5.05. The highest BCUT2D eigenvalue weighted by Crippen LogP contribution is 2.22. The van der Waals surface area contributed by atoms with Gasteiger partial charge >= 0.3 is 5.97 Å². The molecule has 0 aliphatic heterocycles. The molecule has 2 aromatic rings. The van der Waals surface area contributed by atoms with Crippen LogP contribution in [0.4, 0.5) is 0 Å². The Morgan fingerprint density at radius 2 is 1.55 bits per heavy atom. The molecule has 0 bridgehead atoms. The zero-order valence-electron chi connectivity index (χ0n) is 12.6. The molecule has 3 rings (SSSR count). The van der Waals surface area contributed by atoms with Crippen molar-refractivity contribution in [2.45, 2.75) is 38.8 Å². The fourth-order valence-corrected chi connectivity index (χ4v) is 3.01. The van der Waals surface area contributed by atoms with Crippen LogP contribution in [0.5, 0.6) is 0 Å². The second-order valence-electron chi connectivity index (χ2n) is 5.92. The minimum absolute atomic E-state index is 0.332. The van der Waals surface area contributed by atoms with Gasteiger partial charge in [0.05, 0.1) is 5.56 Å². The Morgan fingerprint density at radius 3 is 2.27 bits per heavy atom. The number of nitrogens with one attached hydrogen (secondary N) is 1. The summed E-state index contributed by atoms with van der Waals surface area (Å²) in [7, 11) is 0. The van der Waals surface area contributed by atoms with Crippen LogP contribution in [0, 0.1) is 0 Å². The summed E-state index contributed by atoms with van der Waals surface area (Å²) >= 11 is 0. The largest absolute Gasteiger partial charge is 0.478 e. The molecule has 0 radical (unpaired) electrons. The van der Waals surface area contributed by atoms with Gasteiger partial charge in [-0.15, -0.1) is 0 Å². The van der Waals surface area contributed by atoms with Crippen LogP contribution in [0.2, 0.25) is 0 Å². The molecule has 2 aromatic carbocycles. The minimum Gasteiger partial charge on any atom is -0.478 e. The van der Waals surface area contributed by atoms with Crippen molar-refractivity contribution < 1.29 is 9.90 Å². The van der Waals surface area contributed by atoms with Crippen molar-refractivity contribution in [2.75, 3.05) is 0 Å². The van der Waals surface area contributed by atoms with Gasteiger partial charge in [-0.1, -0.05) is 30.3 Å². The van der Waals surface area contributed by atoms with E-state index in [9.17, 15) is 4.79 Å². The van der Waals surface area contributed by atoms with Crippen LogP contribution in [0.15, 0.2) is 42.5 Å². The lowest BCUT2D eigenvalue weighted by molar-refractivity contribution is 0.0697. The third-order valence-electron chi connectivity index (χ3n) is 4.27. The highest BCUT2D eigenvalue weighted by atomic mass is 16.4. The summed E-state index contributed by atoms with van der Waals surface area (Å²) in [6.45, 7) is 1.59. The Labute approximate surface area is 131 Å². The molecule has 0 spiro atoms. The van der Waals surface area contributed by atoms with Crippen LogP contribution in [-0.2, 0) is 25.9 Å². The van der Waals surface area contributed by atoms with E-state index in [4.69, 9.17) is 5.11 Å². The molecule has 0 fully saturated rings. The summed E-state index contributed by atoms with van der Waals surface area (Å²) < 4.78 is 0. The lowest BCUT2D eigenvalue weighted by Gasteiger charge is -2.16. The van der Waals surface area contributed by atoms with Crippen LogP contribution < -0.4 is 5.32 Å². The monoisotopic (exact) mass is 295 g/mol. The van der Waals surface area contributed by atoms with Crippen LogP contribution >= 0.6 is 0 Å². The summed E-state index contributed by atoms with van der Waals surface area (Å²) in [5.41, 5.74) is 5.78. The summed E-state index contributed by atoms with van der Waals surface area (Å²) in [6, 6.07) is 13.8. The third kappa shape index (κ3) is 3.55. The highest BCUT2D eigenvalue weighted by molar-refractivity contribution is 5.87. The van der Waals surface area contributed by atoms with Gasteiger partial charge in [-0.05, 0) is 60.1 Å². The summed E-state index contributed by atoms with van der Waals surface area (Å²) in [5, 5.41) is 12.3. The lowest BCUT2D eigenvalue weighted by Crippen LogP contribution is -2.13. The van der Waals surface area contributed by atoms with Crippen LogP contribution in [0.25, 0.3) is 0 Å². The highest BCUT2D eigenvalue weighted by Gasteiger charge is 2.09. The maximum absolute atomic E-state index is 10.8. The molecule has 0 saturated heterocycles. The maximum atomic E-state index is 10.8. The molecule has 22 heavy (non-hydrogen) atoms. The topological polar surface area (TPSA) is 49.3 Å². The van der Waals surface area contributed by atoms with E-state index in [2.05, 4.69) is 23.5 Å². The van der Waals surface area contributed by atoms with Crippen LogP contribution in [0.3, 0.4) is 0 Å². The van der Waals surface area contributed by atoms with Gasteiger partial charge in [0.2, 0.25) is 0 Å². The van der Waals surface area contributed by atoms with Gasteiger partial charge in [0.1, 0.15) is 0 Å². The molecule has 0 saturated carbocycles. The number of benzene rings is 2. The quantitative estimate of drug-likeness (QED) is 0.887. The molecule has 114 valence electrons. The predicted molar refractivity (Wildman–Crippen MR) is 87.0 cm³/mol. The Morgan fingerprint density at radius 1 is 0.909 bits per heavy atom. The molecule has 3 nitrogen and oxygen atoms in total. The number of hydrogen-bond donors (Lipinski definition) is 2. The third-order valence-corrected chi connectivity index (χ3v) is 4.27. The van der Waals surface area contributed by atoms with E-state index in [0.29, 0.717) is 5.56 Å². The van der Waals surface area contributed by atoms with E-state index in [0.717, 1.165) is 18.7 Å². The van der Waals surface area contributed by atoms with Gasteiger partial charge in [0.25, 0.3) is 0 Å². The molecule has 0 heterocycles. The van der Waals surface area contributed by atoms with Gasteiger partial charge in [-0.3, -0.25) is 0 Å². The van der Waals surface area contributed by atoms with Crippen molar-refractivity contribution in [3.63, 3.8) is 0 Å². The summed E-state index contributed by atoms with van der Waals surface area (Å²) in [4.78, 5) is 10.8. The molecule has 0 aromatic heterocycles. The van der Waals surface area contributed by atoms with Gasteiger partial charge < -0.3 is 10.4 Å². The van der Waals surface area contributed by atoms with Gasteiger partial charge in [0, 0.05) is 13.1 Å². The van der Waals surface area contributed by atoms with Gasteiger partial charge in [-0.2, -0.15) is 0 Å². The second-order valence-corrected chi connectivity index (χ2v) is 5.92. The Balaban J connectivity index is 1.55. The first-order valence-electron chi connectivity index (χ1n) is 7.86. The van der Waals surface area contributed by atoms with Crippen molar-refractivity contribution in [3.8, 4) is 0 Å². The first-order valence-corrected chi connectivity index (χ1v) is 7.86. The number of carboxylic acids is 1. The number of carbonyl (C=O) groups is 1. The van der Waals surface area contributed by atoms with E-state index in [-0.39, 0.29) is 0 Å². The lowest BCUT2D eigenvalue weighted by atomic mass is 9.90. The number of carboxylic acid groups (broad SMARTS) is 1. The molecular formula is C19H21NO2. The smallest absolute Gasteiger partial charge is 0.335 e. The number of aryl methyl sites for hydroxylation is 2. The number of hydrogen-bond acceptors (Lipinski definition) is 2. The molecule has 1 aliphatic carbocycles. The van der Waals surface area contributed by atoms with Crippen molar-refractivity contribution in [2.24, 2.45) is 0 Å². The van der Waals surface area contributed by atoms with Crippen molar-refractivity contribution in [3.05, 3.63) is 70.3 Å². The first-order chi connectivity index (χ1) is 10.7. The van der Waals surface area contributed by atoms with E-state index < -0.39 is 5.97 Å². The fraction of sp³-hybridized carbons (Fsp3) is 0.316. The first kappa shape index (κ1) is 14.8.